The Morgan fingerprint density at radius 2 is 0.552 bits per heavy atom. The largest absolute Gasteiger partial charge is 0.291 e. The highest BCUT2D eigenvalue weighted by atomic mass is 15.0. The highest BCUT2D eigenvalue weighted by Gasteiger charge is 2.21. The van der Waals surface area contributed by atoms with Crippen LogP contribution in [0.3, 0.4) is 0 Å². The van der Waals surface area contributed by atoms with Crippen LogP contribution < -0.4 is 0 Å². The fraction of sp³-hybridized carbons (Fsp3) is 0. The Morgan fingerprint density at radius 1 is 0.259 bits per heavy atom. The molecular weight excluding hydrogens is 705 g/mol. The van der Waals surface area contributed by atoms with E-state index in [0.29, 0.717) is 0 Å². The van der Waals surface area contributed by atoms with Crippen molar-refractivity contribution in [3.05, 3.63) is 182 Å². The normalized spacial score (nSPS) is 12.5. The van der Waals surface area contributed by atoms with Crippen molar-refractivity contribution in [1.82, 2.24) is 18.8 Å². The Kier molecular flexibility index (Phi) is 5.73. The Morgan fingerprint density at radius 3 is 0.931 bits per heavy atom. The molecule has 10 aromatic carbocycles. The lowest BCUT2D eigenvalue weighted by atomic mass is 9.96. The first-order chi connectivity index (χ1) is 28.8. The van der Waals surface area contributed by atoms with E-state index in [0.717, 1.165) is 55.2 Å². The van der Waals surface area contributed by atoms with Crippen LogP contribution in [-0.2, 0) is 0 Å². The van der Waals surface area contributed by atoms with Crippen molar-refractivity contribution in [3.8, 4) is 11.1 Å². The van der Waals surface area contributed by atoms with Gasteiger partial charge in [-0.25, -0.2) is 9.97 Å². The van der Waals surface area contributed by atoms with Crippen molar-refractivity contribution < 1.29 is 0 Å². The van der Waals surface area contributed by atoms with Crippen LogP contribution in [0.5, 0.6) is 0 Å². The van der Waals surface area contributed by atoms with Crippen LogP contribution in [0.2, 0.25) is 0 Å². The third-order valence-electron chi connectivity index (χ3n) is 12.8. The third kappa shape index (κ3) is 3.79. The number of pyridine rings is 2. The lowest BCUT2D eigenvalue weighted by Gasteiger charge is -2.14. The van der Waals surface area contributed by atoms with E-state index in [9.17, 15) is 0 Å². The number of aromatic nitrogens is 4. The van der Waals surface area contributed by atoms with E-state index in [2.05, 4.69) is 191 Å². The molecule has 14 aromatic rings. The molecule has 0 N–H and O–H groups in total. The van der Waals surface area contributed by atoms with Gasteiger partial charge in [0.2, 0.25) is 0 Å². The molecule has 0 radical (unpaired) electrons. The van der Waals surface area contributed by atoms with Gasteiger partial charge >= 0.3 is 0 Å². The highest BCUT2D eigenvalue weighted by Crippen LogP contribution is 2.43. The molecule has 0 fully saturated rings. The topological polar surface area (TPSA) is 34.6 Å². The molecule has 0 aliphatic rings. The average molecular weight is 735 g/mol. The number of fused-ring (bicyclic) bond motifs is 26. The first-order valence-electron chi connectivity index (χ1n) is 19.9. The summed E-state index contributed by atoms with van der Waals surface area (Å²) in [6.07, 6.45) is 0. The van der Waals surface area contributed by atoms with Gasteiger partial charge in [0.1, 0.15) is 11.3 Å². The molecule has 4 heteroatoms. The van der Waals surface area contributed by atoms with E-state index in [1.54, 1.807) is 0 Å². The van der Waals surface area contributed by atoms with Crippen molar-refractivity contribution in [2.24, 2.45) is 0 Å². The maximum atomic E-state index is 5.45. The zero-order chi connectivity index (χ0) is 37.6. The predicted molar refractivity (Wildman–Crippen MR) is 244 cm³/mol. The summed E-state index contributed by atoms with van der Waals surface area (Å²) in [5.41, 5.74) is 11.0. The molecule has 4 nitrogen and oxygen atoms in total. The van der Waals surface area contributed by atoms with E-state index < -0.39 is 0 Å². The summed E-state index contributed by atoms with van der Waals surface area (Å²) in [4.78, 5) is 10.9. The first-order valence-corrected chi connectivity index (χ1v) is 19.9. The molecule has 0 aliphatic heterocycles. The maximum Gasteiger partial charge on any atom is 0.146 e. The van der Waals surface area contributed by atoms with Crippen molar-refractivity contribution >= 4 is 120 Å². The Labute approximate surface area is 330 Å². The van der Waals surface area contributed by atoms with E-state index in [1.165, 1.54) is 75.8 Å². The number of nitrogens with zero attached hydrogens (tertiary/aromatic N) is 4. The van der Waals surface area contributed by atoms with Gasteiger partial charge in [0.05, 0.1) is 33.1 Å². The molecule has 0 aliphatic carbocycles. The minimum atomic E-state index is 0.987. The second-order valence-electron chi connectivity index (χ2n) is 15.7. The summed E-state index contributed by atoms with van der Waals surface area (Å²) in [5, 5.41) is 16.8. The Balaban J connectivity index is 1.09. The van der Waals surface area contributed by atoms with Crippen molar-refractivity contribution in [2.45, 2.75) is 0 Å². The molecule has 0 bridgehead atoms. The Hall–Kier alpha value is -7.82. The van der Waals surface area contributed by atoms with Gasteiger partial charge < -0.3 is 0 Å². The quantitative estimate of drug-likeness (QED) is 0.157. The minimum absolute atomic E-state index is 0.987. The van der Waals surface area contributed by atoms with Gasteiger partial charge in [0.25, 0.3) is 0 Å². The molecule has 4 aromatic heterocycles. The van der Waals surface area contributed by atoms with Crippen LogP contribution in [0.4, 0.5) is 0 Å². The molecule has 0 amide bonds. The number of hydrogen-bond donors (Lipinski definition) is 0. The number of rotatable bonds is 1. The zero-order valence-electron chi connectivity index (χ0n) is 31.1. The molecule has 266 valence electrons. The second kappa shape index (κ2) is 10.9. The maximum absolute atomic E-state index is 5.45. The van der Waals surface area contributed by atoms with Gasteiger partial charge in [-0.2, -0.15) is 0 Å². The Bertz CT molecular complexity index is 3880. The van der Waals surface area contributed by atoms with Crippen molar-refractivity contribution in [1.29, 1.82) is 0 Å². The van der Waals surface area contributed by atoms with Gasteiger partial charge in [-0.1, -0.05) is 158 Å². The van der Waals surface area contributed by atoms with E-state index in [4.69, 9.17) is 9.97 Å². The van der Waals surface area contributed by atoms with Crippen LogP contribution in [0.1, 0.15) is 0 Å². The molecule has 58 heavy (non-hydrogen) atoms. The van der Waals surface area contributed by atoms with Crippen molar-refractivity contribution in [3.63, 3.8) is 0 Å². The molecule has 0 atom stereocenters. The summed E-state index contributed by atoms with van der Waals surface area (Å²) >= 11 is 0. The lowest BCUT2D eigenvalue weighted by Crippen LogP contribution is -1.94. The molecule has 4 heterocycles. The summed E-state index contributed by atoms with van der Waals surface area (Å²) in [5.74, 6) is 0. The highest BCUT2D eigenvalue weighted by molar-refractivity contribution is 6.28. The fourth-order valence-electron chi connectivity index (χ4n) is 10.3. The lowest BCUT2D eigenvalue weighted by molar-refractivity contribution is 1.32. The summed E-state index contributed by atoms with van der Waals surface area (Å²) < 4.78 is 4.82. The minimum Gasteiger partial charge on any atom is -0.291 e. The van der Waals surface area contributed by atoms with E-state index in [-0.39, 0.29) is 0 Å². The van der Waals surface area contributed by atoms with Crippen molar-refractivity contribution in [2.75, 3.05) is 0 Å². The van der Waals surface area contributed by atoms with Gasteiger partial charge in [0, 0.05) is 43.1 Å². The van der Waals surface area contributed by atoms with Crippen LogP contribution in [0, 0.1) is 0 Å². The van der Waals surface area contributed by atoms with Gasteiger partial charge in [-0.15, -0.1) is 0 Å². The third-order valence-corrected chi connectivity index (χ3v) is 12.8. The summed E-state index contributed by atoms with van der Waals surface area (Å²) in [6.45, 7) is 0. The molecule has 0 saturated heterocycles. The fourth-order valence-corrected chi connectivity index (χ4v) is 10.3. The monoisotopic (exact) mass is 734 g/mol. The summed E-state index contributed by atoms with van der Waals surface area (Å²) in [6, 6.07) is 66.4. The molecule has 0 spiro atoms. The van der Waals surface area contributed by atoms with Crippen LogP contribution >= 0.6 is 0 Å². The van der Waals surface area contributed by atoms with E-state index >= 15 is 0 Å². The average Bonchev–Trinajstić information content (AvgIpc) is 3.91. The molecule has 0 unspecified atom stereocenters. The standard InChI is InChI=1S/C54H30N4/c1-7-19-39-33(13-1)35-15-3-9-21-41(35)51-49(39)55-53-43-23-11-5-17-37(43)45-29-31(25-27-47(45)57(51)53)32-26-28-48-46(30-32)38-18-6-12-24-44(38)54-56-50-40-20-8-2-14-34(40)36-16-4-10-22-42(36)52(50)58(48)54/h1-30H. The number of hydrogen-bond acceptors (Lipinski definition) is 2. The molecule has 0 saturated carbocycles. The summed E-state index contributed by atoms with van der Waals surface area (Å²) in [7, 11) is 0. The smallest absolute Gasteiger partial charge is 0.146 e. The number of imidazole rings is 2. The van der Waals surface area contributed by atoms with Crippen LogP contribution in [-0.4, -0.2) is 18.8 Å². The predicted octanol–water partition coefficient (Wildman–Crippen LogP) is 14.2. The first kappa shape index (κ1) is 30.4. The van der Waals surface area contributed by atoms with Gasteiger partial charge in [0.15, 0.2) is 0 Å². The SMILES string of the molecule is c1ccc2c(c1)c1ccccc1c1c2nc2c3ccccc3c3cc(-c4ccc5c(c4)c4ccccc4c4nc6c7ccccc7c7ccccc7c6n54)ccc3n21. The second-order valence-corrected chi connectivity index (χ2v) is 15.7. The van der Waals surface area contributed by atoms with Crippen LogP contribution in [0.15, 0.2) is 182 Å². The molecule has 14 rings (SSSR count). The van der Waals surface area contributed by atoms with Gasteiger partial charge in [-0.3, -0.25) is 8.80 Å². The van der Waals surface area contributed by atoms with E-state index in [1.807, 2.05) is 0 Å². The van der Waals surface area contributed by atoms with Gasteiger partial charge in [-0.05, 0) is 67.7 Å². The molecular formula is C54H30N4. The van der Waals surface area contributed by atoms with Crippen LogP contribution in [0.25, 0.3) is 131 Å². The zero-order valence-corrected chi connectivity index (χ0v) is 31.1. The number of benzene rings is 10.